The Morgan fingerprint density at radius 2 is 2.00 bits per heavy atom. The summed E-state index contributed by atoms with van der Waals surface area (Å²) in [6.45, 7) is 6.21. The van der Waals surface area contributed by atoms with Crippen LogP contribution in [0.3, 0.4) is 0 Å². The van der Waals surface area contributed by atoms with Crippen molar-refractivity contribution in [1.29, 1.82) is 0 Å². The second-order valence-electron chi connectivity index (χ2n) is 6.20. The summed E-state index contributed by atoms with van der Waals surface area (Å²) < 4.78 is 0. The Bertz CT molecular complexity index is 454. The molecular formula is C16H23NO2. The van der Waals surface area contributed by atoms with Crippen molar-refractivity contribution >= 4 is 5.91 Å². The normalized spacial score (nSPS) is 18.9. The van der Waals surface area contributed by atoms with Crippen LogP contribution in [0.15, 0.2) is 24.3 Å². The van der Waals surface area contributed by atoms with Crippen LogP contribution < -0.4 is 0 Å². The highest BCUT2D eigenvalue weighted by Crippen LogP contribution is 2.30. The Balaban J connectivity index is 1.99. The lowest BCUT2D eigenvalue weighted by Gasteiger charge is -2.23. The largest absolute Gasteiger partial charge is 0.508 e. The molecule has 1 aromatic carbocycles. The van der Waals surface area contributed by atoms with Crippen LogP contribution in [-0.4, -0.2) is 29.0 Å². The number of phenols is 1. The predicted molar refractivity (Wildman–Crippen MR) is 76.0 cm³/mol. The van der Waals surface area contributed by atoms with Crippen molar-refractivity contribution in [3.05, 3.63) is 29.8 Å². The maximum absolute atomic E-state index is 12.3. The van der Waals surface area contributed by atoms with E-state index in [1.807, 2.05) is 17.0 Å². The van der Waals surface area contributed by atoms with Crippen LogP contribution in [0.2, 0.25) is 0 Å². The van der Waals surface area contributed by atoms with Crippen LogP contribution in [0.5, 0.6) is 5.75 Å². The minimum Gasteiger partial charge on any atom is -0.508 e. The first-order valence-corrected chi connectivity index (χ1v) is 7.03. The molecule has 3 nitrogen and oxygen atoms in total. The number of phenolic OH excluding ortho intramolecular Hbond substituents is 1. The summed E-state index contributed by atoms with van der Waals surface area (Å²) in [5.74, 6) is 0.338. The Morgan fingerprint density at radius 1 is 1.26 bits per heavy atom. The summed E-state index contributed by atoms with van der Waals surface area (Å²) >= 11 is 0. The molecule has 1 saturated heterocycles. The van der Waals surface area contributed by atoms with Crippen molar-refractivity contribution in [2.75, 3.05) is 13.1 Å². The molecule has 104 valence electrons. The molecule has 0 bridgehead atoms. The van der Waals surface area contributed by atoms with Gasteiger partial charge in [0.25, 0.3) is 0 Å². The maximum atomic E-state index is 12.3. The molecule has 3 heteroatoms. The highest BCUT2D eigenvalue weighted by atomic mass is 16.3. The fourth-order valence-corrected chi connectivity index (χ4v) is 2.61. The zero-order chi connectivity index (χ0) is 13.9. The SMILES string of the molecule is CC1(C)CCCN(C(=O)Cc2ccccc2O)CC1. The first-order chi connectivity index (χ1) is 8.98. The standard InChI is InChI=1S/C16H23NO2/c1-16(2)8-5-10-17(11-9-16)15(19)12-13-6-3-4-7-14(13)18/h3-4,6-7,18H,5,8-12H2,1-2H3. The number of nitrogens with zero attached hydrogens (tertiary/aromatic N) is 1. The van der Waals surface area contributed by atoms with Crippen molar-refractivity contribution in [3.8, 4) is 5.75 Å². The van der Waals surface area contributed by atoms with Gasteiger partial charge in [-0.3, -0.25) is 4.79 Å². The molecule has 0 saturated carbocycles. The van der Waals surface area contributed by atoms with E-state index >= 15 is 0 Å². The fourth-order valence-electron chi connectivity index (χ4n) is 2.61. The molecule has 1 aliphatic rings. The average molecular weight is 261 g/mol. The van der Waals surface area contributed by atoms with Crippen LogP contribution in [0, 0.1) is 5.41 Å². The van der Waals surface area contributed by atoms with E-state index in [1.54, 1.807) is 12.1 Å². The second-order valence-corrected chi connectivity index (χ2v) is 6.20. The van der Waals surface area contributed by atoms with E-state index in [0.29, 0.717) is 11.8 Å². The van der Waals surface area contributed by atoms with Gasteiger partial charge in [0.05, 0.1) is 6.42 Å². The molecule has 0 radical (unpaired) electrons. The Hall–Kier alpha value is -1.51. The second kappa shape index (κ2) is 5.64. The van der Waals surface area contributed by atoms with Gasteiger partial charge < -0.3 is 10.0 Å². The summed E-state index contributed by atoms with van der Waals surface area (Å²) in [6.07, 6.45) is 3.60. The number of amides is 1. The Labute approximate surface area is 115 Å². The smallest absolute Gasteiger partial charge is 0.227 e. The van der Waals surface area contributed by atoms with Crippen LogP contribution in [0.25, 0.3) is 0 Å². The number of likely N-dealkylation sites (tertiary alicyclic amines) is 1. The summed E-state index contributed by atoms with van der Waals surface area (Å²) in [7, 11) is 0. The predicted octanol–water partition coefficient (Wildman–Crippen LogP) is 2.97. The van der Waals surface area contributed by atoms with Crippen molar-refractivity contribution in [2.24, 2.45) is 5.41 Å². The van der Waals surface area contributed by atoms with Gasteiger partial charge in [0, 0.05) is 18.7 Å². The van der Waals surface area contributed by atoms with E-state index in [2.05, 4.69) is 13.8 Å². The molecule has 1 fully saturated rings. The molecule has 1 aromatic rings. The van der Waals surface area contributed by atoms with Crippen LogP contribution in [0.4, 0.5) is 0 Å². The van der Waals surface area contributed by atoms with E-state index in [0.717, 1.165) is 31.5 Å². The quantitative estimate of drug-likeness (QED) is 0.889. The number of rotatable bonds is 2. The molecule has 0 atom stereocenters. The summed E-state index contributed by atoms with van der Waals surface area (Å²) in [5.41, 5.74) is 1.06. The van der Waals surface area contributed by atoms with E-state index in [1.165, 1.54) is 6.42 Å². The zero-order valence-corrected chi connectivity index (χ0v) is 11.9. The fraction of sp³-hybridized carbons (Fsp3) is 0.562. The Morgan fingerprint density at radius 3 is 2.74 bits per heavy atom. The molecule has 1 heterocycles. The highest BCUT2D eigenvalue weighted by molar-refractivity contribution is 5.79. The van der Waals surface area contributed by atoms with Gasteiger partial charge in [-0.1, -0.05) is 32.0 Å². The first-order valence-electron chi connectivity index (χ1n) is 7.03. The third-order valence-corrected chi connectivity index (χ3v) is 4.03. The number of aromatic hydroxyl groups is 1. The molecule has 2 rings (SSSR count). The Kier molecular flexibility index (Phi) is 4.13. The number of benzene rings is 1. The molecular weight excluding hydrogens is 238 g/mol. The lowest BCUT2D eigenvalue weighted by atomic mass is 9.85. The van der Waals surface area contributed by atoms with Crippen molar-refractivity contribution in [2.45, 2.75) is 39.5 Å². The molecule has 1 N–H and O–H groups in total. The number of para-hydroxylation sites is 1. The summed E-state index contributed by atoms with van der Waals surface area (Å²) in [6, 6.07) is 7.08. The van der Waals surface area contributed by atoms with Gasteiger partial charge in [-0.15, -0.1) is 0 Å². The summed E-state index contributed by atoms with van der Waals surface area (Å²) in [5, 5.41) is 9.73. The van der Waals surface area contributed by atoms with E-state index < -0.39 is 0 Å². The molecule has 0 unspecified atom stereocenters. The number of carbonyl (C=O) groups excluding carboxylic acids is 1. The molecule has 0 aromatic heterocycles. The van der Waals surface area contributed by atoms with Gasteiger partial charge in [0.1, 0.15) is 5.75 Å². The van der Waals surface area contributed by atoms with Crippen molar-refractivity contribution < 1.29 is 9.90 Å². The monoisotopic (exact) mass is 261 g/mol. The minimum atomic E-state index is 0.124. The van der Waals surface area contributed by atoms with Crippen LogP contribution in [0.1, 0.15) is 38.7 Å². The van der Waals surface area contributed by atoms with Gasteiger partial charge in [0.2, 0.25) is 5.91 Å². The highest BCUT2D eigenvalue weighted by Gasteiger charge is 2.25. The first kappa shape index (κ1) is 13.9. The number of hydrogen-bond donors (Lipinski definition) is 1. The van der Waals surface area contributed by atoms with Gasteiger partial charge >= 0.3 is 0 Å². The van der Waals surface area contributed by atoms with E-state index in [-0.39, 0.29) is 11.7 Å². The molecule has 0 spiro atoms. The van der Waals surface area contributed by atoms with Gasteiger partial charge in [0.15, 0.2) is 0 Å². The third-order valence-electron chi connectivity index (χ3n) is 4.03. The van der Waals surface area contributed by atoms with Gasteiger partial charge in [-0.2, -0.15) is 0 Å². The topological polar surface area (TPSA) is 40.5 Å². The molecule has 1 amide bonds. The average Bonchev–Trinajstić information content (AvgIpc) is 2.53. The third kappa shape index (κ3) is 3.72. The summed E-state index contributed by atoms with van der Waals surface area (Å²) in [4.78, 5) is 14.2. The van der Waals surface area contributed by atoms with Gasteiger partial charge in [-0.25, -0.2) is 0 Å². The lowest BCUT2D eigenvalue weighted by Crippen LogP contribution is -2.33. The van der Waals surface area contributed by atoms with Crippen LogP contribution in [-0.2, 0) is 11.2 Å². The number of carbonyl (C=O) groups is 1. The lowest BCUT2D eigenvalue weighted by molar-refractivity contribution is -0.130. The molecule has 19 heavy (non-hydrogen) atoms. The van der Waals surface area contributed by atoms with Crippen LogP contribution >= 0.6 is 0 Å². The zero-order valence-electron chi connectivity index (χ0n) is 11.9. The van der Waals surface area contributed by atoms with Gasteiger partial charge in [-0.05, 0) is 30.7 Å². The van der Waals surface area contributed by atoms with Crippen molar-refractivity contribution in [3.63, 3.8) is 0 Å². The molecule has 0 aliphatic carbocycles. The minimum absolute atomic E-state index is 0.124. The maximum Gasteiger partial charge on any atom is 0.227 e. The van der Waals surface area contributed by atoms with E-state index in [4.69, 9.17) is 0 Å². The molecule has 1 aliphatic heterocycles. The number of hydrogen-bond acceptors (Lipinski definition) is 2. The van der Waals surface area contributed by atoms with E-state index in [9.17, 15) is 9.90 Å². The van der Waals surface area contributed by atoms with Crippen molar-refractivity contribution in [1.82, 2.24) is 4.90 Å².